The lowest BCUT2D eigenvalue weighted by Gasteiger charge is -2.37. The SMILES string of the molecule is COc1ccc(CN2C(=C=O)C=C(N=CN(C)C)N(c3ccc(I)cc3F)C2=C=O)cc1. The Bertz CT molecular complexity index is 1160. The Kier molecular flexibility index (Phi) is 7.48. The second-order valence-electron chi connectivity index (χ2n) is 6.99. The summed E-state index contributed by atoms with van der Waals surface area (Å²) in [5.41, 5.74) is 0.978. The van der Waals surface area contributed by atoms with E-state index in [1.165, 1.54) is 28.3 Å². The summed E-state index contributed by atoms with van der Waals surface area (Å²) in [6, 6.07) is 11.8. The Balaban J connectivity index is 2.14. The quantitative estimate of drug-likeness (QED) is 0.239. The van der Waals surface area contributed by atoms with Crippen molar-refractivity contribution >= 4 is 46.5 Å². The molecule has 2 aromatic carbocycles. The van der Waals surface area contributed by atoms with Crippen LogP contribution in [-0.2, 0) is 16.1 Å². The van der Waals surface area contributed by atoms with E-state index in [9.17, 15) is 14.0 Å². The van der Waals surface area contributed by atoms with Gasteiger partial charge in [0, 0.05) is 23.7 Å². The molecule has 0 bridgehead atoms. The number of aliphatic imine (C=N–C) groups is 1. The highest BCUT2D eigenvalue weighted by molar-refractivity contribution is 14.1. The van der Waals surface area contributed by atoms with Crippen LogP contribution in [0.25, 0.3) is 0 Å². The molecule has 32 heavy (non-hydrogen) atoms. The number of carbonyl (C=O) groups excluding carboxylic acids is 2. The van der Waals surface area contributed by atoms with E-state index in [2.05, 4.69) is 4.99 Å². The molecule has 0 unspecified atom stereocenters. The smallest absolute Gasteiger partial charge is 0.207 e. The highest BCUT2D eigenvalue weighted by atomic mass is 127. The van der Waals surface area contributed by atoms with Crippen LogP contribution in [0.15, 0.2) is 70.9 Å². The second-order valence-corrected chi connectivity index (χ2v) is 8.23. The Labute approximate surface area is 198 Å². The molecule has 2 aromatic rings. The van der Waals surface area contributed by atoms with Crippen molar-refractivity contribution in [1.29, 1.82) is 0 Å². The molecule has 0 amide bonds. The van der Waals surface area contributed by atoms with Gasteiger partial charge in [-0.15, -0.1) is 0 Å². The molecule has 0 N–H and O–H groups in total. The fourth-order valence-electron chi connectivity index (χ4n) is 3.04. The van der Waals surface area contributed by atoms with Crippen LogP contribution in [0.4, 0.5) is 10.1 Å². The summed E-state index contributed by atoms with van der Waals surface area (Å²) in [6.07, 6.45) is 2.95. The summed E-state index contributed by atoms with van der Waals surface area (Å²) < 4.78 is 20.8. The van der Waals surface area contributed by atoms with Crippen molar-refractivity contribution in [1.82, 2.24) is 9.80 Å². The Hall–Kier alpha value is -3.39. The van der Waals surface area contributed by atoms with Crippen molar-refractivity contribution in [3.8, 4) is 5.75 Å². The lowest BCUT2D eigenvalue weighted by atomic mass is 10.1. The van der Waals surface area contributed by atoms with Gasteiger partial charge in [0.15, 0.2) is 11.9 Å². The lowest BCUT2D eigenvalue weighted by molar-refractivity contribution is 0.406. The molecule has 0 spiro atoms. The van der Waals surface area contributed by atoms with Crippen molar-refractivity contribution in [3.05, 3.63) is 80.8 Å². The van der Waals surface area contributed by atoms with Crippen molar-refractivity contribution < 1.29 is 18.7 Å². The average molecular weight is 546 g/mol. The van der Waals surface area contributed by atoms with Crippen LogP contribution in [0.2, 0.25) is 0 Å². The third kappa shape index (κ3) is 5.08. The van der Waals surface area contributed by atoms with Crippen molar-refractivity contribution in [2.24, 2.45) is 4.99 Å². The van der Waals surface area contributed by atoms with Gasteiger partial charge in [0.25, 0.3) is 0 Å². The zero-order valence-electron chi connectivity index (χ0n) is 17.7. The predicted octanol–water partition coefficient (Wildman–Crippen LogP) is 3.58. The fraction of sp³-hybridized carbons (Fsp3) is 0.174. The minimum absolute atomic E-state index is 0.0762. The molecule has 0 saturated heterocycles. The normalized spacial score (nSPS) is 13.7. The van der Waals surface area contributed by atoms with Crippen LogP contribution in [0.5, 0.6) is 5.75 Å². The number of methoxy groups -OCH3 is 1. The van der Waals surface area contributed by atoms with Crippen molar-refractivity contribution in [2.45, 2.75) is 6.54 Å². The molecule has 0 aromatic heterocycles. The number of rotatable bonds is 6. The number of allylic oxidation sites excluding steroid dienone is 1. The van der Waals surface area contributed by atoms with Gasteiger partial charge in [0.2, 0.25) is 5.82 Å². The summed E-state index contributed by atoms with van der Waals surface area (Å²) in [6.45, 7) is 0.156. The maximum atomic E-state index is 14.9. The number of anilines is 1. The zero-order chi connectivity index (χ0) is 23.3. The minimum atomic E-state index is -0.543. The van der Waals surface area contributed by atoms with Crippen LogP contribution in [-0.4, -0.2) is 49.2 Å². The Morgan fingerprint density at radius 3 is 2.44 bits per heavy atom. The third-order valence-corrected chi connectivity index (χ3v) is 5.19. The van der Waals surface area contributed by atoms with Gasteiger partial charge in [-0.2, -0.15) is 0 Å². The monoisotopic (exact) mass is 546 g/mol. The first-order chi connectivity index (χ1) is 15.4. The van der Waals surface area contributed by atoms with Gasteiger partial charge in [0.1, 0.15) is 23.1 Å². The maximum absolute atomic E-state index is 14.9. The van der Waals surface area contributed by atoms with Gasteiger partial charge >= 0.3 is 0 Å². The van der Waals surface area contributed by atoms with E-state index in [4.69, 9.17) is 4.74 Å². The van der Waals surface area contributed by atoms with Crippen LogP contribution >= 0.6 is 22.6 Å². The van der Waals surface area contributed by atoms with E-state index in [0.717, 1.165) is 5.56 Å². The summed E-state index contributed by atoms with van der Waals surface area (Å²) in [4.78, 5) is 32.7. The standard InChI is InChI=1S/C23H20FIN4O3/c1-27(2)15-26-22-11-18(13-30)28(12-16-4-7-19(32-3)8-5-16)23(14-31)29(22)21-9-6-17(25)10-20(21)24/h4-11,15H,12H2,1-3H3. The first-order valence-corrected chi connectivity index (χ1v) is 10.5. The lowest BCUT2D eigenvalue weighted by Crippen LogP contribution is -2.39. The Morgan fingerprint density at radius 2 is 1.88 bits per heavy atom. The first-order valence-electron chi connectivity index (χ1n) is 9.46. The van der Waals surface area contributed by atoms with E-state index in [1.54, 1.807) is 50.4 Å². The van der Waals surface area contributed by atoms with Crippen LogP contribution in [0.3, 0.4) is 0 Å². The van der Waals surface area contributed by atoms with Gasteiger partial charge in [0.05, 0.1) is 25.7 Å². The number of nitrogens with zero attached hydrogens (tertiary/aromatic N) is 4. The molecule has 0 saturated carbocycles. The van der Waals surface area contributed by atoms with Gasteiger partial charge < -0.3 is 14.5 Å². The minimum Gasteiger partial charge on any atom is -0.497 e. The second kappa shape index (κ2) is 10.3. The molecule has 9 heteroatoms. The van der Waals surface area contributed by atoms with Gasteiger partial charge in [-0.3, -0.25) is 4.90 Å². The average Bonchev–Trinajstić information content (AvgIpc) is 2.78. The molecule has 3 rings (SSSR count). The van der Waals surface area contributed by atoms with E-state index in [-0.39, 0.29) is 29.6 Å². The number of ether oxygens (including phenoxy) is 1. The molecule has 1 aliphatic rings. The number of benzene rings is 2. The van der Waals surface area contributed by atoms with Crippen molar-refractivity contribution in [2.75, 3.05) is 26.1 Å². The van der Waals surface area contributed by atoms with Crippen LogP contribution < -0.4 is 9.64 Å². The first kappa shape index (κ1) is 23.3. The summed E-state index contributed by atoms with van der Waals surface area (Å²) in [5.74, 6) is 3.96. The number of hydrogen-bond acceptors (Lipinski definition) is 6. The van der Waals surface area contributed by atoms with Crippen LogP contribution in [0, 0.1) is 9.39 Å². The molecular weight excluding hydrogens is 526 g/mol. The van der Waals surface area contributed by atoms with E-state index >= 15 is 0 Å². The molecule has 1 aliphatic heterocycles. The highest BCUT2D eigenvalue weighted by Gasteiger charge is 2.32. The number of halogens is 2. The molecule has 0 atom stereocenters. The fourth-order valence-corrected chi connectivity index (χ4v) is 3.49. The third-order valence-electron chi connectivity index (χ3n) is 4.52. The van der Waals surface area contributed by atoms with E-state index in [1.807, 2.05) is 46.6 Å². The molecule has 0 fully saturated rings. The topological polar surface area (TPSA) is 65.5 Å². The Morgan fingerprint density at radius 1 is 1.16 bits per heavy atom. The predicted molar refractivity (Wildman–Crippen MR) is 129 cm³/mol. The molecule has 7 nitrogen and oxygen atoms in total. The maximum Gasteiger partial charge on any atom is 0.207 e. The molecule has 0 aliphatic carbocycles. The van der Waals surface area contributed by atoms with Gasteiger partial charge in [-0.25, -0.2) is 19.0 Å². The zero-order valence-corrected chi connectivity index (χ0v) is 19.8. The molecule has 0 radical (unpaired) electrons. The number of hydrogen-bond donors (Lipinski definition) is 0. The molecule has 164 valence electrons. The summed E-state index contributed by atoms with van der Waals surface area (Å²) in [7, 11) is 5.10. The molecule has 1 heterocycles. The summed E-state index contributed by atoms with van der Waals surface area (Å²) >= 11 is 2.00. The largest absolute Gasteiger partial charge is 0.497 e. The van der Waals surface area contributed by atoms with E-state index in [0.29, 0.717) is 9.32 Å². The van der Waals surface area contributed by atoms with E-state index < -0.39 is 5.82 Å². The highest BCUT2D eigenvalue weighted by Crippen LogP contribution is 2.35. The van der Waals surface area contributed by atoms with Gasteiger partial charge in [-0.05, 0) is 58.5 Å². The molecular formula is C23H20FIN4O3. The summed E-state index contributed by atoms with van der Waals surface area (Å²) in [5, 5.41) is 0. The van der Waals surface area contributed by atoms with Gasteiger partial charge in [-0.1, -0.05) is 12.1 Å². The van der Waals surface area contributed by atoms with Crippen molar-refractivity contribution in [3.63, 3.8) is 0 Å². The van der Waals surface area contributed by atoms with Crippen LogP contribution in [0.1, 0.15) is 5.56 Å².